The predicted molar refractivity (Wildman–Crippen MR) is 111 cm³/mol. The lowest BCUT2D eigenvalue weighted by molar-refractivity contribution is 0.253. The number of hydrogen-bond donors (Lipinski definition) is 0. The van der Waals surface area contributed by atoms with E-state index in [1.54, 1.807) is 0 Å². The van der Waals surface area contributed by atoms with Crippen molar-refractivity contribution in [3.05, 3.63) is 77.4 Å². The second-order valence-corrected chi connectivity index (χ2v) is 7.35. The van der Waals surface area contributed by atoms with Crippen molar-refractivity contribution in [1.29, 1.82) is 5.26 Å². The van der Waals surface area contributed by atoms with Gasteiger partial charge in [-0.3, -0.25) is 0 Å². The van der Waals surface area contributed by atoms with E-state index in [1.165, 1.54) is 36.1 Å². The molecule has 1 fully saturated rings. The Morgan fingerprint density at radius 3 is 2.52 bits per heavy atom. The summed E-state index contributed by atoms with van der Waals surface area (Å²) in [4.78, 5) is 0. The van der Waals surface area contributed by atoms with Gasteiger partial charge in [-0.1, -0.05) is 60.5 Å². The molecule has 3 heteroatoms. The molecule has 0 N–H and O–H groups in total. The lowest BCUT2D eigenvalue weighted by atomic mass is 10.0. The van der Waals surface area contributed by atoms with Crippen molar-refractivity contribution in [2.45, 2.75) is 32.7 Å². The summed E-state index contributed by atoms with van der Waals surface area (Å²) >= 11 is 0. The summed E-state index contributed by atoms with van der Waals surface area (Å²) in [5, 5.41) is 16.6. The summed E-state index contributed by atoms with van der Waals surface area (Å²) in [6.45, 7) is 5.14. The molecule has 3 aromatic carbocycles. The van der Waals surface area contributed by atoms with Gasteiger partial charge in [0.25, 0.3) is 0 Å². The van der Waals surface area contributed by atoms with Crippen LogP contribution in [0.5, 0.6) is 0 Å². The van der Waals surface area contributed by atoms with E-state index in [2.05, 4.69) is 71.5 Å². The van der Waals surface area contributed by atoms with Gasteiger partial charge in [-0.15, -0.1) is 0 Å². The van der Waals surface area contributed by atoms with Crippen molar-refractivity contribution >= 4 is 16.5 Å². The molecule has 0 saturated carbocycles. The van der Waals surface area contributed by atoms with E-state index in [9.17, 15) is 5.26 Å². The molecule has 136 valence electrons. The van der Waals surface area contributed by atoms with E-state index < -0.39 is 0 Å². The molecule has 0 amide bonds. The Hall–Kier alpha value is -2.83. The largest absolute Gasteiger partial charge is 0.305 e. The first kappa shape index (κ1) is 17.6. The molecule has 27 heavy (non-hydrogen) atoms. The summed E-state index contributed by atoms with van der Waals surface area (Å²) in [5.74, 6) is 0. The van der Waals surface area contributed by atoms with Gasteiger partial charge in [0.05, 0.1) is 17.3 Å². The van der Waals surface area contributed by atoms with Gasteiger partial charge in [-0.2, -0.15) is 5.26 Å². The Morgan fingerprint density at radius 1 is 0.889 bits per heavy atom. The van der Waals surface area contributed by atoms with E-state index in [0.717, 1.165) is 36.0 Å². The Kier molecular flexibility index (Phi) is 5.09. The first-order valence-corrected chi connectivity index (χ1v) is 9.76. The number of fused-ring (bicyclic) bond motifs is 1. The van der Waals surface area contributed by atoms with Crippen LogP contribution in [0.4, 0.5) is 5.69 Å². The highest BCUT2D eigenvalue weighted by Gasteiger charge is 2.21. The molecule has 4 rings (SSSR count). The monoisotopic (exact) mass is 355 g/mol. The maximum absolute atomic E-state index is 9.48. The molecule has 0 aliphatic carbocycles. The van der Waals surface area contributed by atoms with E-state index >= 15 is 0 Å². The second-order valence-electron chi connectivity index (χ2n) is 7.35. The van der Waals surface area contributed by atoms with Gasteiger partial charge in [0.15, 0.2) is 0 Å². The Bertz CT molecular complexity index is 986. The number of hydrazine groups is 1. The van der Waals surface area contributed by atoms with Crippen LogP contribution in [-0.2, 0) is 6.54 Å². The summed E-state index contributed by atoms with van der Waals surface area (Å²) in [6.07, 6.45) is 3.67. The van der Waals surface area contributed by atoms with Crippen molar-refractivity contribution in [1.82, 2.24) is 5.01 Å². The maximum atomic E-state index is 9.48. The van der Waals surface area contributed by atoms with Gasteiger partial charge in [-0.25, -0.2) is 5.01 Å². The molecule has 0 atom stereocenters. The van der Waals surface area contributed by atoms with E-state index in [4.69, 9.17) is 0 Å². The van der Waals surface area contributed by atoms with E-state index in [1.807, 2.05) is 12.1 Å². The standard InChI is InChI=1S/C24H25N3/c1-19-8-7-9-20(16-19)18-26-14-5-2-6-15-27(26)24-13-12-21(17-25)22-10-3-4-11-23(22)24/h3-4,7-13,16H,2,5-6,14-15,18H2,1H3. The van der Waals surface area contributed by atoms with Crippen LogP contribution in [0.25, 0.3) is 10.8 Å². The molecular formula is C24H25N3. The van der Waals surface area contributed by atoms with E-state index in [-0.39, 0.29) is 0 Å². The quantitative estimate of drug-likeness (QED) is 0.628. The van der Waals surface area contributed by atoms with Gasteiger partial charge >= 0.3 is 0 Å². The summed E-state index contributed by atoms with van der Waals surface area (Å²) < 4.78 is 0. The third-order valence-electron chi connectivity index (χ3n) is 5.37. The summed E-state index contributed by atoms with van der Waals surface area (Å²) in [5.41, 5.74) is 4.60. The second kappa shape index (κ2) is 7.82. The molecule has 1 aliphatic heterocycles. The Morgan fingerprint density at radius 2 is 1.70 bits per heavy atom. The molecular weight excluding hydrogens is 330 g/mol. The van der Waals surface area contributed by atoms with Crippen molar-refractivity contribution in [3.63, 3.8) is 0 Å². The highest BCUT2D eigenvalue weighted by molar-refractivity contribution is 5.97. The first-order chi connectivity index (χ1) is 13.3. The lowest BCUT2D eigenvalue weighted by Crippen LogP contribution is -2.42. The number of hydrogen-bond acceptors (Lipinski definition) is 3. The maximum Gasteiger partial charge on any atom is 0.0998 e. The zero-order valence-corrected chi connectivity index (χ0v) is 15.9. The fourth-order valence-corrected chi connectivity index (χ4v) is 4.06. The number of nitrogens with zero attached hydrogens (tertiary/aromatic N) is 3. The number of benzene rings is 3. The van der Waals surface area contributed by atoms with Crippen molar-refractivity contribution in [3.8, 4) is 6.07 Å². The van der Waals surface area contributed by atoms with Crippen LogP contribution < -0.4 is 5.01 Å². The summed E-state index contributed by atoms with van der Waals surface area (Å²) in [6, 6.07) is 23.5. The molecule has 0 radical (unpaired) electrons. The minimum Gasteiger partial charge on any atom is -0.305 e. The van der Waals surface area contributed by atoms with Gasteiger partial charge in [0, 0.05) is 30.4 Å². The number of nitriles is 1. The molecule has 3 aromatic rings. The molecule has 0 spiro atoms. The Labute approximate surface area is 161 Å². The first-order valence-electron chi connectivity index (χ1n) is 9.76. The van der Waals surface area contributed by atoms with Crippen molar-refractivity contribution in [2.24, 2.45) is 0 Å². The average molecular weight is 355 g/mol. The Balaban J connectivity index is 1.75. The zero-order chi connectivity index (χ0) is 18.6. The van der Waals surface area contributed by atoms with E-state index in [0.29, 0.717) is 0 Å². The van der Waals surface area contributed by atoms with Crippen LogP contribution in [0.3, 0.4) is 0 Å². The fourth-order valence-electron chi connectivity index (χ4n) is 4.06. The van der Waals surface area contributed by atoms with Crippen LogP contribution >= 0.6 is 0 Å². The minimum atomic E-state index is 0.745. The van der Waals surface area contributed by atoms with Crippen LogP contribution in [0.1, 0.15) is 36.0 Å². The third kappa shape index (κ3) is 3.67. The number of anilines is 1. The zero-order valence-electron chi connectivity index (χ0n) is 15.9. The molecule has 0 aromatic heterocycles. The third-order valence-corrected chi connectivity index (χ3v) is 5.37. The number of aryl methyl sites for hydroxylation is 1. The van der Waals surface area contributed by atoms with Gasteiger partial charge in [0.2, 0.25) is 0 Å². The smallest absolute Gasteiger partial charge is 0.0998 e. The van der Waals surface area contributed by atoms with Crippen LogP contribution in [0, 0.1) is 18.3 Å². The SMILES string of the molecule is Cc1cccc(CN2CCCCCN2c2ccc(C#N)c3ccccc23)c1. The normalized spacial score (nSPS) is 15.5. The van der Waals surface area contributed by atoms with Gasteiger partial charge < -0.3 is 5.01 Å². The highest BCUT2D eigenvalue weighted by Crippen LogP contribution is 2.32. The minimum absolute atomic E-state index is 0.745. The predicted octanol–water partition coefficient (Wildman–Crippen LogP) is 5.43. The van der Waals surface area contributed by atoms with Crippen LogP contribution in [-0.4, -0.2) is 18.1 Å². The molecule has 0 bridgehead atoms. The molecule has 1 heterocycles. The topological polar surface area (TPSA) is 30.3 Å². The average Bonchev–Trinajstić information content (AvgIpc) is 2.92. The van der Waals surface area contributed by atoms with Gasteiger partial charge in [-0.05, 0) is 37.5 Å². The number of rotatable bonds is 3. The molecule has 1 saturated heterocycles. The van der Waals surface area contributed by atoms with Crippen LogP contribution in [0.15, 0.2) is 60.7 Å². The fraction of sp³-hybridized carbons (Fsp3) is 0.292. The molecule has 1 aliphatic rings. The molecule has 0 unspecified atom stereocenters. The van der Waals surface area contributed by atoms with Gasteiger partial charge in [0.1, 0.15) is 0 Å². The molecule has 3 nitrogen and oxygen atoms in total. The highest BCUT2D eigenvalue weighted by atomic mass is 15.6. The van der Waals surface area contributed by atoms with Crippen molar-refractivity contribution in [2.75, 3.05) is 18.1 Å². The lowest BCUT2D eigenvalue weighted by Gasteiger charge is -2.36. The van der Waals surface area contributed by atoms with Crippen molar-refractivity contribution < 1.29 is 0 Å². The summed E-state index contributed by atoms with van der Waals surface area (Å²) in [7, 11) is 0. The van der Waals surface area contributed by atoms with Crippen LogP contribution in [0.2, 0.25) is 0 Å².